The topological polar surface area (TPSA) is 46.3 Å². The predicted octanol–water partition coefficient (Wildman–Crippen LogP) is 4.37. The molecule has 1 amide bonds. The number of nitrogens with two attached hydrogens (primary N) is 1. The maximum absolute atomic E-state index is 12.9. The summed E-state index contributed by atoms with van der Waals surface area (Å²) in [4.78, 5) is 14.9. The average Bonchev–Trinajstić information content (AvgIpc) is 2.45. The zero-order chi connectivity index (χ0) is 15.1. The van der Waals surface area contributed by atoms with E-state index in [0.29, 0.717) is 5.91 Å². The Balaban J connectivity index is 2.11. The average molecular weight is 288 g/mol. The lowest BCUT2D eigenvalue weighted by Gasteiger charge is -2.28. The second-order valence-electron chi connectivity index (χ2n) is 6.12. The van der Waals surface area contributed by atoms with Gasteiger partial charge in [-0.1, -0.05) is 39.0 Å². The van der Waals surface area contributed by atoms with Crippen LogP contribution in [-0.2, 0) is 4.79 Å². The number of rotatable bonds is 4. The van der Waals surface area contributed by atoms with Crippen LogP contribution in [-0.4, -0.2) is 12.5 Å². The van der Waals surface area contributed by atoms with Crippen LogP contribution in [0.25, 0.3) is 0 Å². The summed E-state index contributed by atoms with van der Waals surface area (Å²) >= 11 is 0. The Labute approximate surface area is 128 Å². The van der Waals surface area contributed by atoms with E-state index in [1.165, 1.54) is 32.1 Å². The molecule has 3 nitrogen and oxygen atoms in total. The highest BCUT2D eigenvalue weighted by molar-refractivity contribution is 5.95. The van der Waals surface area contributed by atoms with Crippen molar-refractivity contribution in [3.8, 4) is 0 Å². The minimum Gasteiger partial charge on any atom is -0.399 e. The number of hydrogen-bond donors (Lipinski definition) is 1. The van der Waals surface area contributed by atoms with Crippen LogP contribution in [0.2, 0.25) is 0 Å². The fourth-order valence-electron chi connectivity index (χ4n) is 3.17. The molecule has 1 saturated carbocycles. The molecule has 1 aromatic carbocycles. The van der Waals surface area contributed by atoms with Crippen molar-refractivity contribution in [3.05, 3.63) is 24.3 Å². The van der Waals surface area contributed by atoms with Crippen LogP contribution in [0.15, 0.2) is 24.3 Å². The molecule has 0 atom stereocenters. The molecule has 116 valence electrons. The van der Waals surface area contributed by atoms with Gasteiger partial charge in [-0.25, -0.2) is 0 Å². The van der Waals surface area contributed by atoms with E-state index in [1.54, 1.807) is 0 Å². The second kappa shape index (κ2) is 8.06. The number of carbonyl (C=O) groups is 1. The van der Waals surface area contributed by atoms with E-state index >= 15 is 0 Å². The minimum atomic E-state index is 0.203. The van der Waals surface area contributed by atoms with Crippen molar-refractivity contribution in [1.29, 1.82) is 0 Å². The van der Waals surface area contributed by atoms with Gasteiger partial charge in [-0.15, -0.1) is 0 Å². The van der Waals surface area contributed by atoms with Crippen LogP contribution < -0.4 is 10.6 Å². The molecule has 0 spiro atoms. The molecule has 0 bridgehead atoms. The molecule has 0 aliphatic heterocycles. The molecule has 1 fully saturated rings. The van der Waals surface area contributed by atoms with Gasteiger partial charge in [-0.2, -0.15) is 0 Å². The molecule has 3 heteroatoms. The Hall–Kier alpha value is -1.51. The van der Waals surface area contributed by atoms with Crippen LogP contribution in [0, 0.1) is 5.92 Å². The van der Waals surface area contributed by atoms with Crippen LogP contribution in [0.4, 0.5) is 11.4 Å². The Morgan fingerprint density at radius 2 is 1.67 bits per heavy atom. The van der Waals surface area contributed by atoms with Gasteiger partial charge in [0.2, 0.25) is 5.91 Å². The smallest absolute Gasteiger partial charge is 0.230 e. The number of benzene rings is 1. The Kier molecular flexibility index (Phi) is 6.09. The van der Waals surface area contributed by atoms with E-state index in [4.69, 9.17) is 5.73 Å². The molecule has 2 rings (SSSR count). The first-order valence-corrected chi connectivity index (χ1v) is 8.39. The van der Waals surface area contributed by atoms with E-state index in [1.807, 2.05) is 29.2 Å². The van der Waals surface area contributed by atoms with Gasteiger partial charge in [0, 0.05) is 23.8 Å². The Bertz CT molecular complexity index is 433. The molecule has 1 aliphatic carbocycles. The fourth-order valence-corrected chi connectivity index (χ4v) is 3.17. The van der Waals surface area contributed by atoms with Crippen molar-refractivity contribution >= 4 is 17.3 Å². The number of nitrogens with zero attached hydrogens (tertiary/aromatic N) is 1. The molecule has 0 heterocycles. The summed E-state index contributed by atoms with van der Waals surface area (Å²) in [5.41, 5.74) is 7.48. The van der Waals surface area contributed by atoms with Crippen molar-refractivity contribution in [1.82, 2.24) is 0 Å². The van der Waals surface area contributed by atoms with Gasteiger partial charge < -0.3 is 10.6 Å². The van der Waals surface area contributed by atoms with Crippen molar-refractivity contribution in [2.45, 2.75) is 58.3 Å². The summed E-state index contributed by atoms with van der Waals surface area (Å²) in [6.07, 6.45) is 9.34. The molecule has 0 aromatic heterocycles. The quantitative estimate of drug-likeness (QED) is 0.836. The van der Waals surface area contributed by atoms with Gasteiger partial charge >= 0.3 is 0 Å². The highest BCUT2D eigenvalue weighted by atomic mass is 16.2. The summed E-state index contributed by atoms with van der Waals surface area (Å²) in [5, 5.41) is 0. The molecule has 0 unspecified atom stereocenters. The van der Waals surface area contributed by atoms with Gasteiger partial charge in [-0.3, -0.25) is 4.79 Å². The standard InChI is InChI=1S/C18H28N2O/c1-2-14-20(17-12-10-16(19)11-13-17)18(21)15-8-6-4-3-5-7-9-15/h10-13,15H,2-9,14,19H2,1H3. The maximum Gasteiger partial charge on any atom is 0.230 e. The zero-order valence-corrected chi connectivity index (χ0v) is 13.2. The molecule has 21 heavy (non-hydrogen) atoms. The Morgan fingerprint density at radius 1 is 1.10 bits per heavy atom. The lowest BCUT2D eigenvalue weighted by atomic mass is 9.90. The highest BCUT2D eigenvalue weighted by Gasteiger charge is 2.25. The van der Waals surface area contributed by atoms with E-state index in [9.17, 15) is 4.79 Å². The number of anilines is 2. The summed E-state index contributed by atoms with van der Waals surface area (Å²) in [6, 6.07) is 7.68. The lowest BCUT2D eigenvalue weighted by Crippen LogP contribution is -2.37. The van der Waals surface area contributed by atoms with Crippen molar-refractivity contribution in [2.75, 3.05) is 17.2 Å². The summed E-state index contributed by atoms with van der Waals surface area (Å²) in [5.74, 6) is 0.512. The lowest BCUT2D eigenvalue weighted by molar-refractivity contribution is -0.123. The molecule has 0 saturated heterocycles. The summed E-state index contributed by atoms with van der Waals surface area (Å²) in [7, 11) is 0. The van der Waals surface area contributed by atoms with Crippen LogP contribution in [0.3, 0.4) is 0 Å². The first-order chi connectivity index (χ1) is 10.2. The molecule has 1 aliphatic rings. The predicted molar refractivity (Wildman–Crippen MR) is 89.3 cm³/mol. The first-order valence-electron chi connectivity index (χ1n) is 8.39. The van der Waals surface area contributed by atoms with E-state index in [2.05, 4.69) is 6.92 Å². The second-order valence-corrected chi connectivity index (χ2v) is 6.12. The minimum absolute atomic E-state index is 0.203. The third-order valence-corrected chi connectivity index (χ3v) is 4.37. The number of nitrogen functional groups attached to an aromatic ring is 1. The monoisotopic (exact) mass is 288 g/mol. The van der Waals surface area contributed by atoms with E-state index in [-0.39, 0.29) is 5.92 Å². The zero-order valence-electron chi connectivity index (χ0n) is 13.2. The molecular formula is C18H28N2O. The van der Waals surface area contributed by atoms with Crippen molar-refractivity contribution in [3.63, 3.8) is 0 Å². The number of hydrogen-bond acceptors (Lipinski definition) is 2. The molecule has 1 aromatic rings. The van der Waals surface area contributed by atoms with Gasteiger partial charge in [-0.05, 0) is 43.5 Å². The summed E-state index contributed by atoms with van der Waals surface area (Å²) < 4.78 is 0. The molecule has 0 radical (unpaired) electrons. The third-order valence-electron chi connectivity index (χ3n) is 4.37. The van der Waals surface area contributed by atoms with Crippen LogP contribution in [0.1, 0.15) is 58.3 Å². The van der Waals surface area contributed by atoms with Gasteiger partial charge in [0.05, 0.1) is 0 Å². The third kappa shape index (κ3) is 4.48. The van der Waals surface area contributed by atoms with Gasteiger partial charge in [0.25, 0.3) is 0 Å². The normalized spacial score (nSPS) is 17.0. The van der Waals surface area contributed by atoms with Gasteiger partial charge in [0.1, 0.15) is 0 Å². The fraction of sp³-hybridized carbons (Fsp3) is 0.611. The largest absolute Gasteiger partial charge is 0.399 e. The van der Waals surface area contributed by atoms with Crippen molar-refractivity contribution in [2.24, 2.45) is 5.92 Å². The summed E-state index contributed by atoms with van der Waals surface area (Å²) in [6.45, 7) is 2.91. The highest BCUT2D eigenvalue weighted by Crippen LogP contribution is 2.27. The Morgan fingerprint density at radius 3 is 2.24 bits per heavy atom. The van der Waals surface area contributed by atoms with E-state index < -0.39 is 0 Å². The van der Waals surface area contributed by atoms with Crippen LogP contribution in [0.5, 0.6) is 0 Å². The molecule has 2 N–H and O–H groups in total. The molecular weight excluding hydrogens is 260 g/mol. The maximum atomic E-state index is 12.9. The van der Waals surface area contributed by atoms with E-state index in [0.717, 1.165) is 37.2 Å². The van der Waals surface area contributed by atoms with Crippen LogP contribution >= 0.6 is 0 Å². The van der Waals surface area contributed by atoms with Gasteiger partial charge in [0.15, 0.2) is 0 Å². The first kappa shape index (κ1) is 15.9. The van der Waals surface area contributed by atoms with Crippen molar-refractivity contribution < 1.29 is 4.79 Å². The SMILES string of the molecule is CCCN(C(=O)C1CCCCCCC1)c1ccc(N)cc1. The number of amides is 1. The number of carbonyl (C=O) groups excluding carboxylic acids is 1.